The monoisotopic (exact) mass is 473 g/mol. The summed E-state index contributed by atoms with van der Waals surface area (Å²) in [4.78, 5) is 27.2. The third-order valence-electron chi connectivity index (χ3n) is 4.98. The summed E-state index contributed by atoms with van der Waals surface area (Å²) < 4.78 is 12.1. The first kappa shape index (κ1) is 22.3. The van der Waals surface area contributed by atoms with Gasteiger partial charge in [-0.05, 0) is 56.7 Å². The van der Waals surface area contributed by atoms with Gasteiger partial charge in [0.2, 0.25) is 0 Å². The highest BCUT2D eigenvalue weighted by atomic mass is 79.9. The lowest BCUT2D eigenvalue weighted by molar-refractivity contribution is -0.150. The fraction of sp³-hybridized carbons (Fsp3) is 0.417. The molecule has 30 heavy (non-hydrogen) atoms. The van der Waals surface area contributed by atoms with Gasteiger partial charge in [-0.1, -0.05) is 64.5 Å². The van der Waals surface area contributed by atoms with Gasteiger partial charge in [-0.25, -0.2) is 9.59 Å². The third kappa shape index (κ3) is 6.08. The van der Waals surface area contributed by atoms with Crippen molar-refractivity contribution < 1.29 is 19.1 Å². The van der Waals surface area contributed by atoms with Gasteiger partial charge in [-0.2, -0.15) is 0 Å². The van der Waals surface area contributed by atoms with Gasteiger partial charge in [-0.15, -0.1) is 0 Å². The number of amides is 1. The van der Waals surface area contributed by atoms with Crippen molar-refractivity contribution in [2.75, 3.05) is 6.54 Å². The normalized spacial score (nSPS) is 18.9. The van der Waals surface area contributed by atoms with Crippen LogP contribution < -0.4 is 0 Å². The van der Waals surface area contributed by atoms with E-state index in [-0.39, 0.29) is 18.5 Å². The van der Waals surface area contributed by atoms with Gasteiger partial charge in [0.25, 0.3) is 0 Å². The van der Waals surface area contributed by atoms with Crippen LogP contribution in [0.3, 0.4) is 0 Å². The Morgan fingerprint density at radius 2 is 1.73 bits per heavy atom. The molecule has 1 aliphatic heterocycles. The molecule has 2 aromatic carbocycles. The van der Waals surface area contributed by atoms with Crippen LogP contribution in [-0.4, -0.2) is 35.2 Å². The summed E-state index contributed by atoms with van der Waals surface area (Å²) in [5.74, 6) is -0.246. The first-order chi connectivity index (χ1) is 14.2. The molecule has 3 rings (SSSR count). The van der Waals surface area contributed by atoms with Crippen LogP contribution in [-0.2, 0) is 27.3 Å². The Morgan fingerprint density at radius 3 is 2.40 bits per heavy atom. The Kier molecular flexibility index (Phi) is 7.19. The van der Waals surface area contributed by atoms with Gasteiger partial charge in [0.1, 0.15) is 18.2 Å². The lowest BCUT2D eigenvalue weighted by Crippen LogP contribution is -2.44. The van der Waals surface area contributed by atoms with Gasteiger partial charge >= 0.3 is 12.1 Å². The van der Waals surface area contributed by atoms with Crippen LogP contribution in [0.1, 0.15) is 38.3 Å². The Morgan fingerprint density at radius 1 is 1.07 bits per heavy atom. The van der Waals surface area contributed by atoms with Crippen molar-refractivity contribution in [3.8, 4) is 0 Å². The first-order valence-electron chi connectivity index (χ1n) is 10.2. The number of carbonyl (C=O) groups excluding carboxylic acids is 2. The van der Waals surface area contributed by atoms with E-state index in [1.54, 1.807) is 0 Å². The predicted molar refractivity (Wildman–Crippen MR) is 119 cm³/mol. The fourth-order valence-electron chi connectivity index (χ4n) is 3.62. The van der Waals surface area contributed by atoms with Crippen LogP contribution >= 0.6 is 15.9 Å². The van der Waals surface area contributed by atoms with Crippen LogP contribution in [0.4, 0.5) is 4.79 Å². The predicted octanol–water partition coefficient (Wildman–Crippen LogP) is 5.36. The Bertz CT molecular complexity index is 878. The summed E-state index contributed by atoms with van der Waals surface area (Å²) in [6, 6.07) is 16.9. The number of hydrogen-bond donors (Lipinski definition) is 0. The number of benzene rings is 2. The number of nitrogens with zero attached hydrogens (tertiary/aromatic N) is 1. The van der Waals surface area contributed by atoms with Crippen LogP contribution in [0.25, 0.3) is 0 Å². The molecule has 1 heterocycles. The van der Waals surface area contributed by atoms with Gasteiger partial charge in [-0.3, -0.25) is 4.90 Å². The third-order valence-corrected chi connectivity index (χ3v) is 5.75. The molecule has 0 aliphatic carbocycles. The Labute approximate surface area is 186 Å². The highest BCUT2D eigenvalue weighted by Gasteiger charge is 2.42. The number of halogens is 1. The molecule has 0 bridgehead atoms. The highest BCUT2D eigenvalue weighted by Crippen LogP contribution is 2.31. The zero-order valence-corrected chi connectivity index (χ0v) is 19.2. The van der Waals surface area contributed by atoms with Crippen LogP contribution in [0, 0.1) is 5.92 Å². The molecule has 6 heteroatoms. The zero-order valence-electron chi connectivity index (χ0n) is 17.6. The molecule has 160 valence electrons. The average molecular weight is 474 g/mol. The van der Waals surface area contributed by atoms with Gasteiger partial charge in [0, 0.05) is 11.0 Å². The second-order valence-electron chi connectivity index (χ2n) is 8.64. The van der Waals surface area contributed by atoms with Crippen molar-refractivity contribution in [3.63, 3.8) is 0 Å². The number of likely N-dealkylation sites (tertiary alicyclic amines) is 1. The molecule has 0 unspecified atom stereocenters. The molecular formula is C24H28BrNO4. The zero-order chi connectivity index (χ0) is 21.7. The first-order valence-corrected chi connectivity index (χ1v) is 11.0. The number of esters is 1. The number of ether oxygens (including phenoxy) is 2. The summed E-state index contributed by atoms with van der Waals surface area (Å²) in [6.07, 6.45) is 0.844. The van der Waals surface area contributed by atoms with Crippen LogP contribution in [0.15, 0.2) is 59.1 Å². The summed E-state index contributed by atoms with van der Waals surface area (Å²) in [5, 5.41) is 0. The van der Waals surface area contributed by atoms with E-state index < -0.39 is 17.7 Å². The summed E-state index contributed by atoms with van der Waals surface area (Å²) >= 11 is 3.59. The van der Waals surface area contributed by atoms with E-state index in [1.165, 1.54) is 4.90 Å². The maximum atomic E-state index is 12.9. The minimum atomic E-state index is -0.643. The quantitative estimate of drug-likeness (QED) is 0.548. The largest absolute Gasteiger partial charge is 0.459 e. The molecule has 5 nitrogen and oxygen atoms in total. The number of hydrogen-bond acceptors (Lipinski definition) is 4. The molecule has 1 fully saturated rings. The molecule has 0 aromatic heterocycles. The molecule has 1 amide bonds. The van der Waals surface area contributed by atoms with Crippen LogP contribution in [0.5, 0.6) is 0 Å². The standard InChI is InChI=1S/C24H28BrNO4/c1-24(2,3)30-23(28)26-15-18(13-19-11-7-8-12-20(19)25)14-21(26)22(27)29-16-17-9-5-4-6-10-17/h4-12,18,21H,13-16H2,1-3H3/t18-,21+/m0/s1. The van der Waals surface area contributed by atoms with E-state index in [2.05, 4.69) is 22.0 Å². The second-order valence-corrected chi connectivity index (χ2v) is 9.49. The maximum absolute atomic E-state index is 12.9. The number of carbonyl (C=O) groups is 2. The molecule has 1 saturated heterocycles. The van der Waals surface area contributed by atoms with E-state index >= 15 is 0 Å². The van der Waals surface area contributed by atoms with Crippen molar-refractivity contribution in [2.24, 2.45) is 5.92 Å². The molecule has 0 N–H and O–H groups in total. The number of rotatable bonds is 5. The van der Waals surface area contributed by atoms with Gasteiger partial charge in [0.05, 0.1) is 0 Å². The minimum absolute atomic E-state index is 0.144. The van der Waals surface area contributed by atoms with Crippen molar-refractivity contribution in [2.45, 2.75) is 51.9 Å². The molecular weight excluding hydrogens is 446 g/mol. The topological polar surface area (TPSA) is 55.8 Å². The van der Waals surface area contributed by atoms with Crippen molar-refractivity contribution >= 4 is 28.0 Å². The fourth-order valence-corrected chi connectivity index (χ4v) is 4.06. The van der Waals surface area contributed by atoms with Crippen molar-refractivity contribution in [1.82, 2.24) is 4.90 Å². The Hall–Kier alpha value is -2.34. The molecule has 2 atom stereocenters. The van der Waals surface area contributed by atoms with Gasteiger partial charge in [0.15, 0.2) is 0 Å². The van der Waals surface area contributed by atoms with Crippen molar-refractivity contribution in [3.05, 3.63) is 70.2 Å². The van der Waals surface area contributed by atoms with E-state index in [9.17, 15) is 9.59 Å². The molecule has 0 saturated carbocycles. The highest BCUT2D eigenvalue weighted by molar-refractivity contribution is 9.10. The molecule has 0 radical (unpaired) electrons. The van der Waals surface area contributed by atoms with E-state index in [4.69, 9.17) is 9.47 Å². The van der Waals surface area contributed by atoms with Crippen molar-refractivity contribution in [1.29, 1.82) is 0 Å². The average Bonchev–Trinajstić information content (AvgIpc) is 3.12. The molecule has 1 aliphatic rings. The molecule has 0 spiro atoms. The van der Waals surface area contributed by atoms with Gasteiger partial charge < -0.3 is 9.47 Å². The van der Waals surface area contributed by atoms with E-state index in [0.29, 0.717) is 13.0 Å². The summed E-state index contributed by atoms with van der Waals surface area (Å²) in [7, 11) is 0. The summed E-state index contributed by atoms with van der Waals surface area (Å²) in [5.41, 5.74) is 1.44. The molecule has 2 aromatic rings. The maximum Gasteiger partial charge on any atom is 0.411 e. The lowest BCUT2D eigenvalue weighted by Gasteiger charge is -2.27. The lowest BCUT2D eigenvalue weighted by atomic mass is 9.97. The van der Waals surface area contributed by atoms with E-state index in [1.807, 2.05) is 69.3 Å². The Balaban J connectivity index is 1.72. The minimum Gasteiger partial charge on any atom is -0.459 e. The van der Waals surface area contributed by atoms with E-state index in [0.717, 1.165) is 22.0 Å². The second kappa shape index (κ2) is 9.65. The summed E-state index contributed by atoms with van der Waals surface area (Å²) in [6.45, 7) is 6.11. The van der Waals surface area contributed by atoms with Crippen LogP contribution in [0.2, 0.25) is 0 Å². The SMILES string of the molecule is CC(C)(C)OC(=O)N1C[C@@H](Cc2ccccc2Br)C[C@@H]1C(=O)OCc1ccccc1. The smallest absolute Gasteiger partial charge is 0.411 e.